The van der Waals surface area contributed by atoms with E-state index in [-0.39, 0.29) is 18.0 Å². The second kappa shape index (κ2) is 7.50. The van der Waals surface area contributed by atoms with Crippen LogP contribution in [-0.2, 0) is 4.79 Å². The number of hydrogen-bond donors (Lipinski definition) is 3. The van der Waals surface area contributed by atoms with Crippen LogP contribution in [0.15, 0.2) is 48.3 Å². The number of fused-ring (bicyclic) bond motifs is 1. The molecule has 2 aromatic heterocycles. The van der Waals surface area contributed by atoms with Crippen LogP contribution in [0.3, 0.4) is 0 Å². The van der Waals surface area contributed by atoms with E-state index < -0.39 is 11.6 Å². The third-order valence-corrected chi connectivity index (χ3v) is 5.26. The van der Waals surface area contributed by atoms with Gasteiger partial charge in [-0.3, -0.25) is 4.79 Å². The molecule has 1 aliphatic carbocycles. The van der Waals surface area contributed by atoms with Gasteiger partial charge in [0, 0.05) is 35.6 Å². The number of hydrogen-bond acceptors (Lipinski definition) is 5. The molecule has 5 rings (SSSR count). The number of nitrogens with zero attached hydrogens (tertiary/aromatic N) is 3. The fraction of sp³-hybridized carbons (Fsp3) is 0.227. The SMILES string of the molecule is C=C1NC(=O)C/C1=C\c1cnn2c(NCC3CC3)cc(Nc3cc(F)cc(F)c3)nc12. The van der Waals surface area contributed by atoms with Crippen LogP contribution in [-0.4, -0.2) is 27.0 Å². The first kappa shape index (κ1) is 19.2. The quantitative estimate of drug-likeness (QED) is 0.560. The van der Waals surface area contributed by atoms with E-state index in [1.54, 1.807) is 16.8 Å². The molecule has 1 saturated heterocycles. The zero-order valence-corrected chi connectivity index (χ0v) is 16.6. The number of halogens is 2. The first-order valence-electron chi connectivity index (χ1n) is 10.00. The number of nitrogens with one attached hydrogen (secondary N) is 3. The summed E-state index contributed by atoms with van der Waals surface area (Å²) in [5.41, 5.74) is 2.82. The number of benzene rings is 1. The first-order valence-corrected chi connectivity index (χ1v) is 10.00. The summed E-state index contributed by atoms with van der Waals surface area (Å²) in [6, 6.07) is 4.97. The van der Waals surface area contributed by atoms with Gasteiger partial charge < -0.3 is 16.0 Å². The summed E-state index contributed by atoms with van der Waals surface area (Å²) < 4.78 is 28.9. The van der Waals surface area contributed by atoms with E-state index in [0.717, 1.165) is 18.2 Å². The smallest absolute Gasteiger partial charge is 0.228 e. The van der Waals surface area contributed by atoms with Crippen molar-refractivity contribution in [3.63, 3.8) is 0 Å². The third-order valence-electron chi connectivity index (χ3n) is 5.26. The molecule has 3 heterocycles. The van der Waals surface area contributed by atoms with Gasteiger partial charge in [0.25, 0.3) is 0 Å². The number of aromatic nitrogens is 3. The van der Waals surface area contributed by atoms with Crippen LogP contribution in [0.5, 0.6) is 0 Å². The average molecular weight is 422 g/mol. The number of amides is 1. The summed E-state index contributed by atoms with van der Waals surface area (Å²) in [6.45, 7) is 4.67. The average Bonchev–Trinajstić information content (AvgIpc) is 3.36. The van der Waals surface area contributed by atoms with Crippen molar-refractivity contribution < 1.29 is 13.6 Å². The highest BCUT2D eigenvalue weighted by atomic mass is 19.1. The molecule has 31 heavy (non-hydrogen) atoms. The topological polar surface area (TPSA) is 83.4 Å². The van der Waals surface area contributed by atoms with E-state index in [9.17, 15) is 13.6 Å². The van der Waals surface area contributed by atoms with Crippen LogP contribution in [0.4, 0.5) is 26.1 Å². The van der Waals surface area contributed by atoms with Crippen molar-refractivity contribution in [1.82, 2.24) is 19.9 Å². The lowest BCUT2D eigenvalue weighted by Gasteiger charge is -2.12. The Balaban J connectivity index is 1.55. The molecular weight excluding hydrogens is 402 g/mol. The predicted octanol–water partition coefficient (Wildman–Crippen LogP) is 3.99. The molecule has 0 atom stereocenters. The van der Waals surface area contributed by atoms with Gasteiger partial charge in [0.05, 0.1) is 12.6 Å². The molecule has 3 N–H and O–H groups in total. The molecular formula is C22H20F2N6O. The largest absolute Gasteiger partial charge is 0.370 e. The molecule has 3 aromatic rings. The number of anilines is 3. The van der Waals surface area contributed by atoms with Gasteiger partial charge in [-0.15, -0.1) is 0 Å². The summed E-state index contributed by atoms with van der Waals surface area (Å²) in [5.74, 6) is 0.288. The number of carbonyl (C=O) groups excluding carboxylic acids is 1. The Morgan fingerprint density at radius 1 is 1.23 bits per heavy atom. The van der Waals surface area contributed by atoms with Crippen molar-refractivity contribution in [2.24, 2.45) is 5.92 Å². The van der Waals surface area contributed by atoms with Gasteiger partial charge in [0.15, 0.2) is 5.65 Å². The fourth-order valence-corrected chi connectivity index (χ4v) is 3.51. The van der Waals surface area contributed by atoms with Gasteiger partial charge in [0.2, 0.25) is 5.91 Å². The third kappa shape index (κ3) is 4.11. The van der Waals surface area contributed by atoms with Gasteiger partial charge in [-0.2, -0.15) is 9.61 Å². The zero-order chi connectivity index (χ0) is 21.5. The molecule has 9 heteroatoms. The van der Waals surface area contributed by atoms with Gasteiger partial charge >= 0.3 is 0 Å². The van der Waals surface area contributed by atoms with Crippen molar-refractivity contribution in [1.29, 1.82) is 0 Å². The Morgan fingerprint density at radius 3 is 2.68 bits per heavy atom. The van der Waals surface area contributed by atoms with Crippen molar-refractivity contribution in [3.8, 4) is 0 Å². The van der Waals surface area contributed by atoms with E-state index in [1.807, 2.05) is 6.08 Å². The Labute approximate surface area is 176 Å². The molecule has 2 aliphatic rings. The second-order valence-corrected chi connectivity index (χ2v) is 7.84. The summed E-state index contributed by atoms with van der Waals surface area (Å²) in [6.07, 6.45) is 6.11. The van der Waals surface area contributed by atoms with E-state index in [4.69, 9.17) is 0 Å². The fourth-order valence-electron chi connectivity index (χ4n) is 3.51. The lowest BCUT2D eigenvalue weighted by atomic mass is 10.1. The molecule has 7 nitrogen and oxygen atoms in total. The minimum absolute atomic E-state index is 0.108. The normalized spacial score (nSPS) is 17.4. The lowest BCUT2D eigenvalue weighted by molar-refractivity contribution is -0.118. The van der Waals surface area contributed by atoms with Crippen LogP contribution in [0.25, 0.3) is 11.7 Å². The first-order chi connectivity index (χ1) is 14.9. The van der Waals surface area contributed by atoms with Crippen LogP contribution in [0, 0.1) is 17.6 Å². The van der Waals surface area contributed by atoms with Crippen molar-refractivity contribution in [2.75, 3.05) is 17.2 Å². The molecule has 2 fully saturated rings. The Kier molecular flexibility index (Phi) is 4.65. The number of rotatable bonds is 6. The lowest BCUT2D eigenvalue weighted by Crippen LogP contribution is -2.10. The van der Waals surface area contributed by atoms with Gasteiger partial charge in [-0.25, -0.2) is 13.8 Å². The van der Waals surface area contributed by atoms with Crippen LogP contribution in [0.1, 0.15) is 24.8 Å². The molecule has 1 saturated carbocycles. The molecule has 0 unspecified atom stereocenters. The van der Waals surface area contributed by atoms with Gasteiger partial charge in [-0.05, 0) is 42.5 Å². The summed E-state index contributed by atoms with van der Waals surface area (Å²) in [5, 5.41) is 13.5. The van der Waals surface area contributed by atoms with Gasteiger partial charge in [-0.1, -0.05) is 6.58 Å². The summed E-state index contributed by atoms with van der Waals surface area (Å²) in [7, 11) is 0. The molecule has 1 aromatic carbocycles. The highest BCUT2D eigenvalue weighted by molar-refractivity contribution is 5.89. The maximum atomic E-state index is 13.6. The Hall–Kier alpha value is -3.75. The Bertz CT molecular complexity index is 1220. The van der Waals surface area contributed by atoms with Crippen LogP contribution < -0.4 is 16.0 Å². The Morgan fingerprint density at radius 2 is 2.00 bits per heavy atom. The predicted molar refractivity (Wildman–Crippen MR) is 114 cm³/mol. The highest BCUT2D eigenvalue weighted by Gasteiger charge is 2.22. The zero-order valence-electron chi connectivity index (χ0n) is 16.6. The maximum absolute atomic E-state index is 13.6. The van der Waals surface area contributed by atoms with E-state index in [0.29, 0.717) is 34.5 Å². The van der Waals surface area contributed by atoms with E-state index in [1.165, 1.54) is 25.0 Å². The van der Waals surface area contributed by atoms with E-state index in [2.05, 4.69) is 32.6 Å². The summed E-state index contributed by atoms with van der Waals surface area (Å²) in [4.78, 5) is 16.3. The maximum Gasteiger partial charge on any atom is 0.228 e. The van der Waals surface area contributed by atoms with Gasteiger partial charge in [0.1, 0.15) is 23.3 Å². The molecule has 1 aliphatic heterocycles. The summed E-state index contributed by atoms with van der Waals surface area (Å²) >= 11 is 0. The standard InChI is InChI=1S/C22H20F2N6O/c1-12-14(5-21(31)27-12)4-15-11-26-30-20(25-10-13-2-3-13)9-19(29-22(15)30)28-18-7-16(23)6-17(24)8-18/h4,6-9,11,13,25H,1-3,5,10H2,(H,27,31)(H,28,29)/b14-4+. The molecule has 158 valence electrons. The van der Waals surface area contributed by atoms with Crippen molar-refractivity contribution >= 4 is 35.0 Å². The van der Waals surface area contributed by atoms with Crippen molar-refractivity contribution in [2.45, 2.75) is 19.3 Å². The molecule has 1 amide bonds. The number of carbonyl (C=O) groups is 1. The van der Waals surface area contributed by atoms with Crippen molar-refractivity contribution in [3.05, 3.63) is 65.5 Å². The van der Waals surface area contributed by atoms with E-state index >= 15 is 0 Å². The minimum atomic E-state index is -0.678. The molecule has 0 radical (unpaired) electrons. The number of allylic oxidation sites excluding steroid dienone is 1. The molecule has 0 bridgehead atoms. The molecule has 0 spiro atoms. The van der Waals surface area contributed by atoms with Crippen LogP contribution in [0.2, 0.25) is 0 Å². The minimum Gasteiger partial charge on any atom is -0.370 e. The second-order valence-electron chi connectivity index (χ2n) is 7.84. The highest BCUT2D eigenvalue weighted by Crippen LogP contribution is 2.30. The van der Waals surface area contributed by atoms with Crippen LogP contribution >= 0.6 is 0 Å². The monoisotopic (exact) mass is 422 g/mol.